The quantitative estimate of drug-likeness (QED) is 0.180. The molecule has 0 aliphatic rings. The van der Waals surface area contributed by atoms with Crippen LogP contribution in [0.15, 0.2) is 0 Å². The Morgan fingerprint density at radius 2 is 1.80 bits per heavy atom. The summed E-state index contributed by atoms with van der Waals surface area (Å²) in [5.41, 5.74) is 0. The smallest absolute Gasteiger partial charge is 0.854 e. The first kappa shape index (κ1) is 17.4. The monoisotopic (exact) mass is 165 g/mol. The van der Waals surface area contributed by atoms with E-state index in [1.165, 1.54) is 0 Å². The molecule has 0 spiro atoms. The van der Waals surface area contributed by atoms with Crippen LogP contribution in [0.5, 0.6) is 0 Å². The molecule has 5 nitrogen and oxygen atoms in total. The second-order valence-electron chi connectivity index (χ2n) is 1.23. The van der Waals surface area contributed by atoms with E-state index in [-0.39, 0.29) is 59.1 Å². The minimum absolute atomic E-state index is 0. The van der Waals surface area contributed by atoms with E-state index in [2.05, 4.69) is 0 Å². The van der Waals surface area contributed by atoms with E-state index in [4.69, 9.17) is 0 Å². The molecule has 0 aliphatic carbocycles. The maximum absolute atomic E-state index is 9.93. The van der Waals surface area contributed by atoms with Crippen molar-refractivity contribution in [3.05, 3.63) is 10.1 Å². The average molecular weight is 165 g/mol. The third-order valence-corrected chi connectivity index (χ3v) is 0.600. The van der Waals surface area contributed by atoms with Crippen LogP contribution < -0.4 is 69.3 Å². The fourth-order valence-electron chi connectivity index (χ4n) is 0.206. The van der Waals surface area contributed by atoms with E-state index < -0.39 is 24.2 Å². The van der Waals surface area contributed by atoms with Gasteiger partial charge < -0.3 is 10.2 Å². The van der Waals surface area contributed by atoms with Gasteiger partial charge in [-0.25, -0.2) is 0 Å². The molecule has 0 aromatic rings. The molecule has 0 radical (unpaired) electrons. The van der Waals surface area contributed by atoms with Gasteiger partial charge in [0.1, 0.15) is 0 Å². The summed E-state index contributed by atoms with van der Waals surface area (Å²) in [6.45, 7) is -0.671. The van der Waals surface area contributed by atoms with Crippen molar-refractivity contribution in [3.63, 3.8) is 0 Å². The van der Waals surface area contributed by atoms with Crippen LogP contribution in [-0.2, 0) is 0 Å². The van der Waals surface area contributed by atoms with Crippen molar-refractivity contribution in [1.82, 2.24) is 0 Å². The molecule has 0 saturated carbocycles. The fraction of sp³-hybridized carbons (Fsp3) is 1.00. The molecular formula is C3H5NNa2O4. The molecule has 7 heteroatoms. The standard InChI is InChI=1S/C3H5NO4.2Na/c5-2-1-3(6)4(7)8;;/h3H,1-2H2;;/q-2;2*+1. The number of nitrogens with zero attached hydrogens (tertiary/aromatic N) is 1. The van der Waals surface area contributed by atoms with Gasteiger partial charge in [0.15, 0.2) is 6.23 Å². The van der Waals surface area contributed by atoms with Crippen LogP contribution in [0, 0.1) is 10.1 Å². The zero-order valence-corrected chi connectivity index (χ0v) is 10.1. The van der Waals surface area contributed by atoms with Gasteiger partial charge in [-0.1, -0.05) is 0 Å². The largest absolute Gasteiger partial charge is 1.00 e. The Morgan fingerprint density at radius 1 is 1.40 bits per heavy atom. The molecule has 0 saturated heterocycles. The minimum Gasteiger partial charge on any atom is -0.854 e. The van der Waals surface area contributed by atoms with Crippen molar-refractivity contribution in [2.45, 2.75) is 12.6 Å². The summed E-state index contributed by atoms with van der Waals surface area (Å²) in [7, 11) is 0. The SMILES string of the molecule is O=[N+]([O-])C([O-])CC[O-].[Na+].[Na+]. The van der Waals surface area contributed by atoms with Gasteiger partial charge in [-0.05, 0) is 6.42 Å². The Bertz CT molecular complexity index is 90.6. The third kappa shape index (κ3) is 9.32. The molecule has 1 unspecified atom stereocenters. The van der Waals surface area contributed by atoms with Crippen molar-refractivity contribution in [1.29, 1.82) is 0 Å². The van der Waals surface area contributed by atoms with Gasteiger partial charge in [-0.3, -0.25) is 10.1 Å². The Balaban J connectivity index is -0.000000245. The topological polar surface area (TPSA) is 89.3 Å². The zero-order valence-electron chi connectivity index (χ0n) is 6.07. The first-order chi connectivity index (χ1) is 3.68. The normalized spacial score (nSPS) is 10.6. The molecule has 0 aromatic carbocycles. The number of nitro groups is 1. The molecule has 0 aliphatic heterocycles. The van der Waals surface area contributed by atoms with E-state index in [0.29, 0.717) is 0 Å². The second kappa shape index (κ2) is 10.3. The van der Waals surface area contributed by atoms with Crippen LogP contribution in [0.3, 0.4) is 0 Å². The maximum atomic E-state index is 9.93. The summed E-state index contributed by atoms with van der Waals surface area (Å²) < 4.78 is 0. The van der Waals surface area contributed by atoms with Gasteiger partial charge in [0.05, 0.1) is 0 Å². The van der Waals surface area contributed by atoms with E-state index in [9.17, 15) is 20.3 Å². The molecule has 0 aromatic heterocycles. The first-order valence-corrected chi connectivity index (χ1v) is 2.06. The molecular weight excluding hydrogens is 160 g/mol. The van der Waals surface area contributed by atoms with Gasteiger partial charge >= 0.3 is 59.1 Å². The van der Waals surface area contributed by atoms with Crippen molar-refractivity contribution in [3.8, 4) is 0 Å². The van der Waals surface area contributed by atoms with Gasteiger partial charge in [0.2, 0.25) is 0 Å². The zero-order chi connectivity index (χ0) is 6.57. The van der Waals surface area contributed by atoms with Crippen LogP contribution >= 0.6 is 0 Å². The molecule has 0 bridgehead atoms. The molecule has 0 amide bonds. The Hall–Kier alpha value is 1.32. The third-order valence-electron chi connectivity index (χ3n) is 0.600. The summed E-state index contributed by atoms with van der Waals surface area (Å²) in [4.78, 5) is 8.44. The molecule has 0 N–H and O–H groups in total. The van der Waals surface area contributed by atoms with Gasteiger partial charge in [0, 0.05) is 4.92 Å². The average Bonchev–Trinajstić information content (AvgIpc) is 1.67. The number of hydrogen-bond donors (Lipinski definition) is 0. The molecule has 0 fully saturated rings. The second-order valence-corrected chi connectivity index (χ2v) is 1.23. The van der Waals surface area contributed by atoms with Gasteiger partial charge in [-0.2, -0.15) is 0 Å². The van der Waals surface area contributed by atoms with Crippen LogP contribution in [0.25, 0.3) is 0 Å². The van der Waals surface area contributed by atoms with Crippen molar-refractivity contribution in [2.75, 3.05) is 6.61 Å². The molecule has 10 heavy (non-hydrogen) atoms. The molecule has 0 heterocycles. The molecule has 1 atom stereocenters. The van der Waals surface area contributed by atoms with Crippen LogP contribution in [0.4, 0.5) is 0 Å². The van der Waals surface area contributed by atoms with E-state index >= 15 is 0 Å². The summed E-state index contributed by atoms with van der Waals surface area (Å²) in [6.07, 6.45) is -2.35. The summed E-state index contributed by atoms with van der Waals surface area (Å²) in [5, 5.41) is 28.9. The molecule has 48 valence electrons. The van der Waals surface area contributed by atoms with Crippen molar-refractivity contribution >= 4 is 0 Å². The van der Waals surface area contributed by atoms with Crippen molar-refractivity contribution in [2.24, 2.45) is 0 Å². The van der Waals surface area contributed by atoms with E-state index in [1.54, 1.807) is 0 Å². The van der Waals surface area contributed by atoms with E-state index in [0.717, 1.165) is 0 Å². The van der Waals surface area contributed by atoms with Gasteiger partial charge in [0.25, 0.3) is 0 Å². The summed E-state index contributed by atoms with van der Waals surface area (Å²) >= 11 is 0. The predicted molar refractivity (Wildman–Crippen MR) is 20.3 cm³/mol. The van der Waals surface area contributed by atoms with Crippen molar-refractivity contribution < 1.29 is 74.3 Å². The minimum atomic E-state index is -1.92. The Morgan fingerprint density at radius 3 is 1.90 bits per heavy atom. The number of hydrogen-bond acceptors (Lipinski definition) is 4. The Kier molecular flexibility index (Phi) is 18.0. The molecule has 0 rings (SSSR count). The fourth-order valence-corrected chi connectivity index (χ4v) is 0.206. The number of rotatable bonds is 3. The summed E-state index contributed by atoms with van der Waals surface area (Å²) in [6, 6.07) is 0. The first-order valence-electron chi connectivity index (χ1n) is 2.06. The van der Waals surface area contributed by atoms with Crippen LogP contribution in [0.2, 0.25) is 0 Å². The van der Waals surface area contributed by atoms with E-state index in [1.807, 2.05) is 0 Å². The summed E-state index contributed by atoms with van der Waals surface area (Å²) in [5.74, 6) is 0. The Labute approximate surface area is 103 Å². The predicted octanol–water partition coefficient (Wildman–Crippen LogP) is -8.29. The maximum Gasteiger partial charge on any atom is 1.00 e. The van der Waals surface area contributed by atoms with Gasteiger partial charge in [-0.15, -0.1) is 6.61 Å². The van der Waals surface area contributed by atoms with Crippen LogP contribution in [0.1, 0.15) is 6.42 Å². The van der Waals surface area contributed by atoms with Crippen LogP contribution in [-0.4, -0.2) is 17.8 Å².